The molecular formula is C9H9I3N2O3. The average Bonchev–Trinajstić information content (AvgIpc) is 2.26. The van der Waals surface area contributed by atoms with E-state index in [9.17, 15) is 4.79 Å². The molecule has 94 valence electrons. The first kappa shape index (κ1) is 17.2. The zero-order valence-electron chi connectivity index (χ0n) is 8.63. The molecule has 1 amide bonds. The maximum absolute atomic E-state index is 10.8. The molecule has 5 nitrogen and oxygen atoms in total. The minimum atomic E-state index is -0.933. The molecule has 1 rings (SSSR count). The summed E-state index contributed by atoms with van der Waals surface area (Å²) < 4.78 is 2.21. The van der Waals surface area contributed by atoms with Crippen LogP contribution >= 0.6 is 67.8 Å². The summed E-state index contributed by atoms with van der Waals surface area (Å²) in [6, 6.07) is 1.77. The molecule has 0 aliphatic carbocycles. The normalized spacial score (nSPS) is 8.94. The van der Waals surface area contributed by atoms with Crippen LogP contribution in [-0.4, -0.2) is 24.5 Å². The van der Waals surface area contributed by atoms with Gasteiger partial charge in [-0.05, 0) is 73.8 Å². The lowest BCUT2D eigenvalue weighted by Crippen LogP contribution is -2.07. The summed E-state index contributed by atoms with van der Waals surface area (Å²) in [5.74, 6) is -0.933. The lowest BCUT2D eigenvalue weighted by molar-refractivity contribution is -0.109. The van der Waals surface area contributed by atoms with E-state index in [0.717, 1.165) is 3.57 Å². The van der Waals surface area contributed by atoms with E-state index in [0.29, 0.717) is 24.8 Å². The number of carbonyl (C=O) groups is 2. The SMILES string of the molecule is CNC=O.Nc1c(I)cc(I)c(C(=O)O)c1I. The molecule has 0 aliphatic rings. The number of halogens is 3. The molecule has 0 fully saturated rings. The van der Waals surface area contributed by atoms with Crippen LogP contribution in [0.25, 0.3) is 0 Å². The maximum atomic E-state index is 10.8. The van der Waals surface area contributed by atoms with Crippen molar-refractivity contribution in [3.63, 3.8) is 0 Å². The Morgan fingerprint density at radius 2 is 1.88 bits per heavy atom. The van der Waals surface area contributed by atoms with Crippen LogP contribution in [0.1, 0.15) is 10.4 Å². The van der Waals surface area contributed by atoms with E-state index in [1.54, 1.807) is 13.1 Å². The molecule has 0 aliphatic heterocycles. The highest BCUT2D eigenvalue weighted by atomic mass is 127. The largest absolute Gasteiger partial charge is 0.478 e. The van der Waals surface area contributed by atoms with Gasteiger partial charge in [0, 0.05) is 14.2 Å². The zero-order chi connectivity index (χ0) is 13.6. The number of hydrogen-bond acceptors (Lipinski definition) is 3. The molecule has 0 spiro atoms. The van der Waals surface area contributed by atoms with E-state index >= 15 is 0 Å². The van der Waals surface area contributed by atoms with Crippen LogP contribution in [0, 0.1) is 10.7 Å². The Kier molecular flexibility index (Phi) is 8.36. The molecule has 0 unspecified atom stereocenters. The second kappa shape index (κ2) is 8.29. The first-order valence-corrected chi connectivity index (χ1v) is 7.37. The number of nitrogen functional groups attached to an aromatic ring is 1. The van der Waals surface area contributed by atoms with Crippen molar-refractivity contribution in [1.29, 1.82) is 0 Å². The third kappa shape index (κ3) is 5.11. The number of anilines is 1. The standard InChI is InChI=1S/C7H4I3NO2.C2H5NO/c8-2-1-3(9)6(11)5(10)4(2)7(12)13;1-3-2-4/h1H,11H2,(H,12,13);2H,1H3,(H,3,4). The van der Waals surface area contributed by atoms with Crippen LogP contribution < -0.4 is 11.1 Å². The van der Waals surface area contributed by atoms with Crippen LogP contribution in [0.15, 0.2) is 6.07 Å². The van der Waals surface area contributed by atoms with Gasteiger partial charge in [0.25, 0.3) is 0 Å². The summed E-state index contributed by atoms with van der Waals surface area (Å²) in [4.78, 5) is 19.9. The van der Waals surface area contributed by atoms with E-state index in [1.165, 1.54) is 0 Å². The van der Waals surface area contributed by atoms with Crippen molar-refractivity contribution in [1.82, 2.24) is 5.32 Å². The van der Waals surface area contributed by atoms with Crippen LogP contribution in [0.5, 0.6) is 0 Å². The van der Waals surface area contributed by atoms with Crippen molar-refractivity contribution in [2.75, 3.05) is 12.8 Å². The Hall–Kier alpha value is 0.150. The van der Waals surface area contributed by atoms with Crippen LogP contribution in [-0.2, 0) is 4.79 Å². The molecule has 0 heterocycles. The van der Waals surface area contributed by atoms with Gasteiger partial charge in [-0.3, -0.25) is 4.79 Å². The molecule has 0 aromatic heterocycles. The maximum Gasteiger partial charge on any atom is 0.337 e. The highest BCUT2D eigenvalue weighted by molar-refractivity contribution is 14.1. The van der Waals surface area contributed by atoms with Gasteiger partial charge in [0.1, 0.15) is 0 Å². The van der Waals surface area contributed by atoms with Gasteiger partial charge in [-0.15, -0.1) is 0 Å². The van der Waals surface area contributed by atoms with E-state index in [4.69, 9.17) is 15.6 Å². The minimum Gasteiger partial charge on any atom is -0.478 e. The van der Waals surface area contributed by atoms with Crippen molar-refractivity contribution in [2.24, 2.45) is 0 Å². The van der Waals surface area contributed by atoms with Gasteiger partial charge in [0.05, 0.1) is 14.8 Å². The third-order valence-electron chi connectivity index (χ3n) is 1.54. The fourth-order valence-electron chi connectivity index (χ4n) is 0.802. The monoisotopic (exact) mass is 574 g/mol. The number of carbonyl (C=O) groups excluding carboxylic acids is 1. The average molecular weight is 574 g/mol. The number of amides is 1. The van der Waals surface area contributed by atoms with Crippen LogP contribution in [0.3, 0.4) is 0 Å². The molecule has 1 aromatic carbocycles. The summed E-state index contributed by atoms with van der Waals surface area (Å²) in [5.41, 5.74) is 6.54. The Labute approximate surface area is 139 Å². The lowest BCUT2D eigenvalue weighted by atomic mass is 10.2. The topological polar surface area (TPSA) is 92.4 Å². The molecule has 0 radical (unpaired) electrons. The highest BCUT2D eigenvalue weighted by Crippen LogP contribution is 2.29. The minimum absolute atomic E-state index is 0.291. The van der Waals surface area contributed by atoms with Gasteiger partial charge >= 0.3 is 5.97 Å². The lowest BCUT2D eigenvalue weighted by Gasteiger charge is -2.07. The number of carboxylic acids is 1. The van der Waals surface area contributed by atoms with Crippen molar-refractivity contribution in [2.45, 2.75) is 0 Å². The summed E-state index contributed by atoms with van der Waals surface area (Å²) in [7, 11) is 1.56. The smallest absolute Gasteiger partial charge is 0.337 e. The van der Waals surface area contributed by atoms with E-state index in [-0.39, 0.29) is 0 Å². The second-order valence-corrected chi connectivity index (χ2v) is 6.06. The first-order chi connectivity index (χ1) is 7.86. The van der Waals surface area contributed by atoms with Crippen molar-refractivity contribution >= 4 is 85.8 Å². The second-order valence-electron chi connectivity index (χ2n) is 2.65. The number of rotatable bonds is 2. The van der Waals surface area contributed by atoms with Crippen molar-refractivity contribution in [3.05, 3.63) is 22.3 Å². The Morgan fingerprint density at radius 1 is 1.41 bits per heavy atom. The molecule has 8 heteroatoms. The molecule has 17 heavy (non-hydrogen) atoms. The van der Waals surface area contributed by atoms with Gasteiger partial charge < -0.3 is 16.2 Å². The van der Waals surface area contributed by atoms with Gasteiger partial charge in [-0.25, -0.2) is 4.79 Å². The molecule has 0 saturated heterocycles. The Bertz CT molecular complexity index is 438. The van der Waals surface area contributed by atoms with Crippen molar-refractivity contribution < 1.29 is 14.7 Å². The number of hydrogen-bond donors (Lipinski definition) is 3. The third-order valence-corrected chi connectivity index (χ3v) is 4.40. The molecule has 0 atom stereocenters. The van der Waals surface area contributed by atoms with E-state index < -0.39 is 5.97 Å². The highest BCUT2D eigenvalue weighted by Gasteiger charge is 2.16. The van der Waals surface area contributed by atoms with E-state index in [2.05, 4.69) is 27.9 Å². The predicted octanol–water partition coefficient (Wildman–Crippen LogP) is 2.14. The van der Waals surface area contributed by atoms with Gasteiger partial charge in [-0.2, -0.15) is 0 Å². The summed E-state index contributed by atoms with van der Waals surface area (Å²) in [5, 5.41) is 11.1. The molecular weight excluding hydrogens is 565 g/mol. The van der Waals surface area contributed by atoms with Crippen LogP contribution in [0.2, 0.25) is 0 Å². The fourth-order valence-corrected chi connectivity index (χ4v) is 4.63. The number of nitrogens with one attached hydrogen (secondary N) is 1. The molecule has 4 N–H and O–H groups in total. The number of aromatic carboxylic acids is 1. The van der Waals surface area contributed by atoms with E-state index in [1.807, 2.05) is 45.2 Å². The first-order valence-electron chi connectivity index (χ1n) is 4.14. The number of benzene rings is 1. The molecule has 1 aromatic rings. The summed E-state index contributed by atoms with van der Waals surface area (Å²) in [6.07, 6.45) is 0.625. The predicted molar refractivity (Wildman–Crippen MR) is 91.1 cm³/mol. The zero-order valence-corrected chi connectivity index (χ0v) is 15.1. The van der Waals surface area contributed by atoms with Gasteiger partial charge in [0.2, 0.25) is 6.41 Å². The summed E-state index contributed by atoms with van der Waals surface area (Å²) in [6.45, 7) is 0. The Morgan fingerprint density at radius 3 is 2.24 bits per heavy atom. The number of carboxylic acid groups (broad SMARTS) is 1. The molecule has 0 saturated carbocycles. The van der Waals surface area contributed by atoms with Crippen molar-refractivity contribution in [3.8, 4) is 0 Å². The molecule has 0 bridgehead atoms. The van der Waals surface area contributed by atoms with Gasteiger partial charge in [-0.1, -0.05) is 0 Å². The summed E-state index contributed by atoms with van der Waals surface area (Å²) >= 11 is 6.04. The quantitative estimate of drug-likeness (QED) is 0.287. The Balaban J connectivity index is 0.000000557. The number of nitrogens with two attached hydrogens (primary N) is 1. The van der Waals surface area contributed by atoms with Gasteiger partial charge in [0.15, 0.2) is 0 Å². The van der Waals surface area contributed by atoms with Crippen LogP contribution in [0.4, 0.5) is 5.69 Å². The fraction of sp³-hybridized carbons (Fsp3) is 0.111.